The Morgan fingerprint density at radius 3 is 2.11 bits per heavy atom. The van der Waals surface area contributed by atoms with Crippen LogP contribution in [-0.2, 0) is 4.79 Å². The van der Waals surface area contributed by atoms with Crippen molar-refractivity contribution < 1.29 is 4.79 Å². The molecule has 0 aliphatic carbocycles. The number of benzene rings is 1. The van der Waals surface area contributed by atoms with Crippen LogP contribution in [0.15, 0.2) is 34.7 Å². The van der Waals surface area contributed by atoms with E-state index in [4.69, 9.17) is 0 Å². The highest BCUT2D eigenvalue weighted by Gasteiger charge is 2.27. The maximum atomic E-state index is 11.5. The summed E-state index contributed by atoms with van der Waals surface area (Å²) in [6, 6.07) is 9.77. The Kier molecular flexibility index (Phi) is 7.04. The van der Waals surface area contributed by atoms with Crippen molar-refractivity contribution in [3.63, 3.8) is 0 Å². The molecule has 2 aliphatic rings. The fourth-order valence-electron chi connectivity index (χ4n) is 4.34. The fourth-order valence-corrected chi connectivity index (χ4v) is 5.18. The van der Waals surface area contributed by atoms with Gasteiger partial charge in [0.05, 0.1) is 0 Å². The smallest absolute Gasteiger partial charge is 0.219 e. The topological polar surface area (TPSA) is 23.6 Å². The lowest BCUT2D eigenvalue weighted by molar-refractivity contribution is -0.130. The van der Waals surface area contributed by atoms with Gasteiger partial charge in [0.15, 0.2) is 0 Å². The normalized spacial score (nSPS) is 19.6. The number of allylic oxidation sites excluding steroid dienone is 1. The predicted molar refractivity (Wildman–Crippen MR) is 116 cm³/mol. The van der Waals surface area contributed by atoms with Crippen LogP contribution in [0.4, 0.5) is 0 Å². The van der Waals surface area contributed by atoms with Gasteiger partial charge in [0.2, 0.25) is 5.91 Å². The summed E-state index contributed by atoms with van der Waals surface area (Å²) in [6.07, 6.45) is 4.63. The van der Waals surface area contributed by atoms with E-state index in [2.05, 4.69) is 49.9 Å². The largest absolute Gasteiger partial charge is 0.343 e. The summed E-state index contributed by atoms with van der Waals surface area (Å²) in [5.74, 6) is 0.228. The number of hydrogen-bond donors (Lipinski definition) is 0. The van der Waals surface area contributed by atoms with Crippen LogP contribution in [-0.4, -0.2) is 53.2 Å². The summed E-state index contributed by atoms with van der Waals surface area (Å²) in [4.78, 5) is 17.5. The highest BCUT2D eigenvalue weighted by atomic mass is 32.2. The number of likely N-dealkylation sites (tertiary alicyclic amines) is 2. The van der Waals surface area contributed by atoms with Crippen molar-refractivity contribution in [3.05, 3.63) is 35.4 Å². The molecule has 3 nitrogen and oxygen atoms in total. The third-order valence-corrected chi connectivity index (χ3v) is 7.03. The third-order valence-electron chi connectivity index (χ3n) is 6.02. The predicted octanol–water partition coefficient (Wildman–Crippen LogP) is 5.07. The minimum atomic E-state index is 0.228. The quantitative estimate of drug-likeness (QED) is 0.675. The van der Waals surface area contributed by atoms with Gasteiger partial charge in [-0.3, -0.25) is 9.69 Å². The molecular weight excluding hydrogens is 352 g/mol. The second-order valence-electron chi connectivity index (χ2n) is 8.19. The van der Waals surface area contributed by atoms with Crippen molar-refractivity contribution in [1.29, 1.82) is 0 Å². The summed E-state index contributed by atoms with van der Waals surface area (Å²) in [5, 5.41) is 0.627. The molecule has 1 amide bonds. The Balaban J connectivity index is 1.55. The van der Waals surface area contributed by atoms with Gasteiger partial charge < -0.3 is 4.90 Å². The Hall–Kier alpha value is -1.26. The van der Waals surface area contributed by atoms with Gasteiger partial charge >= 0.3 is 0 Å². The molecule has 2 aliphatic heterocycles. The zero-order valence-corrected chi connectivity index (χ0v) is 18.1. The van der Waals surface area contributed by atoms with E-state index in [0.717, 1.165) is 25.9 Å². The van der Waals surface area contributed by atoms with Gasteiger partial charge in [0.25, 0.3) is 0 Å². The maximum Gasteiger partial charge on any atom is 0.219 e. The van der Waals surface area contributed by atoms with Crippen LogP contribution >= 0.6 is 11.8 Å². The van der Waals surface area contributed by atoms with E-state index in [1.165, 1.54) is 42.0 Å². The molecule has 1 aromatic rings. The first-order chi connectivity index (χ1) is 12.9. The monoisotopic (exact) mass is 386 g/mol. The second-order valence-corrected chi connectivity index (χ2v) is 9.84. The summed E-state index contributed by atoms with van der Waals surface area (Å²) in [5.41, 5.74) is 4.47. The van der Waals surface area contributed by atoms with Gasteiger partial charge in [-0.05, 0) is 55.9 Å². The molecule has 148 valence electrons. The van der Waals surface area contributed by atoms with Gasteiger partial charge in [-0.1, -0.05) is 31.6 Å². The first kappa shape index (κ1) is 20.5. The number of hydrogen-bond acceptors (Lipinski definition) is 3. The highest BCUT2D eigenvalue weighted by Crippen LogP contribution is 2.30. The van der Waals surface area contributed by atoms with Crippen LogP contribution < -0.4 is 0 Å². The lowest BCUT2D eigenvalue weighted by Crippen LogP contribution is -2.48. The number of nitrogens with zero attached hydrogens (tertiary/aromatic N) is 2. The number of carbonyl (C=O) groups excluding carboxylic acids is 1. The minimum Gasteiger partial charge on any atom is -0.343 e. The Labute approximate surface area is 169 Å². The van der Waals surface area contributed by atoms with Gasteiger partial charge in [0, 0.05) is 49.3 Å². The van der Waals surface area contributed by atoms with Crippen molar-refractivity contribution in [2.45, 2.75) is 69.6 Å². The molecule has 2 fully saturated rings. The van der Waals surface area contributed by atoms with Crippen molar-refractivity contribution in [2.75, 3.05) is 26.2 Å². The first-order valence-electron chi connectivity index (χ1n) is 10.4. The molecule has 27 heavy (non-hydrogen) atoms. The van der Waals surface area contributed by atoms with E-state index in [0.29, 0.717) is 11.3 Å². The zero-order valence-electron chi connectivity index (χ0n) is 17.3. The molecule has 0 radical (unpaired) electrons. The number of thioether (sulfide) groups is 1. The van der Waals surface area contributed by atoms with Gasteiger partial charge in [-0.2, -0.15) is 0 Å². The van der Waals surface area contributed by atoms with Crippen LogP contribution in [0, 0.1) is 0 Å². The first-order valence-corrected chi connectivity index (χ1v) is 11.3. The molecule has 0 atom stereocenters. The molecule has 3 rings (SSSR count). The van der Waals surface area contributed by atoms with Crippen molar-refractivity contribution >= 4 is 23.2 Å². The van der Waals surface area contributed by atoms with E-state index in [9.17, 15) is 4.79 Å². The van der Waals surface area contributed by atoms with Crippen LogP contribution in [0.5, 0.6) is 0 Å². The van der Waals surface area contributed by atoms with Crippen LogP contribution in [0.3, 0.4) is 0 Å². The molecule has 0 bridgehead atoms. The van der Waals surface area contributed by atoms with Crippen molar-refractivity contribution in [2.24, 2.45) is 0 Å². The van der Waals surface area contributed by atoms with Crippen molar-refractivity contribution in [3.8, 4) is 0 Å². The van der Waals surface area contributed by atoms with Crippen molar-refractivity contribution in [1.82, 2.24) is 9.80 Å². The average Bonchev–Trinajstić information content (AvgIpc) is 2.68. The molecule has 1 aromatic carbocycles. The van der Waals surface area contributed by atoms with E-state index in [1.54, 1.807) is 12.5 Å². The van der Waals surface area contributed by atoms with Crippen LogP contribution in [0.1, 0.15) is 58.9 Å². The number of carbonyl (C=O) groups is 1. The lowest BCUT2D eigenvalue weighted by atomic mass is 9.92. The van der Waals surface area contributed by atoms with Gasteiger partial charge in [-0.25, -0.2) is 0 Å². The summed E-state index contributed by atoms with van der Waals surface area (Å²) < 4.78 is 0. The average molecular weight is 387 g/mol. The lowest BCUT2D eigenvalue weighted by Gasteiger charge is -2.40. The Bertz CT molecular complexity index is 662. The number of amides is 1. The van der Waals surface area contributed by atoms with Gasteiger partial charge in [0.1, 0.15) is 0 Å². The molecule has 0 N–H and O–H groups in total. The molecule has 4 heteroatoms. The molecule has 2 saturated heterocycles. The Morgan fingerprint density at radius 2 is 1.59 bits per heavy atom. The molecule has 2 heterocycles. The fraction of sp³-hybridized carbons (Fsp3) is 0.609. The van der Waals surface area contributed by atoms with E-state index in [1.807, 2.05) is 16.7 Å². The number of piperidine rings is 2. The van der Waals surface area contributed by atoms with E-state index >= 15 is 0 Å². The molecule has 0 spiro atoms. The Morgan fingerprint density at radius 1 is 1.00 bits per heavy atom. The standard InChI is InChI=1S/C23H34N2OS/c1-17(2)27-23-7-5-20(6-8-23)18(3)21-9-13-25(14-10-21)22-11-15-24(16-12-22)19(4)26/h5-8,17,22H,9-16H2,1-4H3. The zero-order chi connectivity index (χ0) is 19.4. The second kappa shape index (κ2) is 9.29. The summed E-state index contributed by atoms with van der Waals surface area (Å²) in [6.45, 7) is 12.7. The third kappa shape index (κ3) is 5.39. The molecule has 0 unspecified atom stereocenters. The minimum absolute atomic E-state index is 0.228. The molecule has 0 aromatic heterocycles. The van der Waals surface area contributed by atoms with Gasteiger partial charge in [-0.15, -0.1) is 11.8 Å². The van der Waals surface area contributed by atoms with Crippen LogP contribution in [0.2, 0.25) is 0 Å². The number of rotatable bonds is 4. The molecular formula is C23H34N2OS. The summed E-state index contributed by atoms with van der Waals surface area (Å²) in [7, 11) is 0. The van der Waals surface area contributed by atoms with E-state index < -0.39 is 0 Å². The summed E-state index contributed by atoms with van der Waals surface area (Å²) >= 11 is 1.93. The SMILES string of the molecule is CC(=O)N1CCC(N2CCC(=C(C)c3ccc(SC(C)C)cc3)CC2)CC1. The van der Waals surface area contributed by atoms with Crippen LogP contribution in [0.25, 0.3) is 5.57 Å². The van der Waals surface area contributed by atoms with E-state index in [-0.39, 0.29) is 5.91 Å². The highest BCUT2D eigenvalue weighted by molar-refractivity contribution is 7.99. The molecule has 0 saturated carbocycles. The maximum absolute atomic E-state index is 11.5.